The Balaban J connectivity index is 2.54. The van der Waals surface area contributed by atoms with Crippen LogP contribution < -0.4 is 0 Å². The lowest BCUT2D eigenvalue weighted by Gasteiger charge is -2.04. The molecule has 0 aromatic heterocycles. The van der Waals surface area contributed by atoms with Crippen molar-refractivity contribution < 1.29 is 13.2 Å². The van der Waals surface area contributed by atoms with Gasteiger partial charge >= 0.3 is 0 Å². The van der Waals surface area contributed by atoms with E-state index >= 15 is 0 Å². The monoisotopic (exact) mass is 286 g/mol. The number of hydrogen-bond donors (Lipinski definition) is 0. The van der Waals surface area contributed by atoms with Crippen LogP contribution in [0, 0.1) is 17.5 Å². The van der Waals surface area contributed by atoms with E-state index in [1.807, 2.05) is 0 Å². The summed E-state index contributed by atoms with van der Waals surface area (Å²) in [6.45, 7) is 0. The van der Waals surface area contributed by atoms with Crippen molar-refractivity contribution >= 4 is 15.9 Å². The predicted octanol–water partition coefficient (Wildman–Crippen LogP) is 4.53. The van der Waals surface area contributed by atoms with Gasteiger partial charge in [-0.25, -0.2) is 13.2 Å². The van der Waals surface area contributed by atoms with Crippen LogP contribution in [-0.4, -0.2) is 0 Å². The van der Waals surface area contributed by atoms with Gasteiger partial charge in [0.25, 0.3) is 0 Å². The Labute approximate surface area is 98.9 Å². The van der Waals surface area contributed by atoms with E-state index in [1.165, 1.54) is 18.2 Å². The molecule has 2 aromatic rings. The van der Waals surface area contributed by atoms with Gasteiger partial charge in [-0.1, -0.05) is 28.1 Å². The van der Waals surface area contributed by atoms with Gasteiger partial charge in [0, 0.05) is 10.0 Å². The van der Waals surface area contributed by atoms with Crippen LogP contribution in [0.25, 0.3) is 11.1 Å². The van der Waals surface area contributed by atoms with Gasteiger partial charge < -0.3 is 0 Å². The van der Waals surface area contributed by atoms with Crippen LogP contribution in [0.5, 0.6) is 0 Å². The summed E-state index contributed by atoms with van der Waals surface area (Å²) in [6.07, 6.45) is 0. The molecule has 4 heteroatoms. The van der Waals surface area contributed by atoms with Gasteiger partial charge in [0.15, 0.2) is 11.6 Å². The molecule has 0 bridgehead atoms. The van der Waals surface area contributed by atoms with Crippen LogP contribution >= 0.6 is 15.9 Å². The van der Waals surface area contributed by atoms with Gasteiger partial charge in [-0.05, 0) is 29.8 Å². The van der Waals surface area contributed by atoms with Gasteiger partial charge in [-0.3, -0.25) is 0 Å². The molecule has 0 spiro atoms. The molecule has 82 valence electrons. The molecule has 0 saturated heterocycles. The zero-order chi connectivity index (χ0) is 11.7. The molecule has 0 aliphatic carbocycles. The fourth-order valence-corrected chi connectivity index (χ4v) is 1.72. The minimum Gasteiger partial charge on any atom is -0.206 e. The summed E-state index contributed by atoms with van der Waals surface area (Å²) < 4.78 is 39.8. The smallest absolute Gasteiger partial charge is 0.159 e. The normalized spacial score (nSPS) is 10.5. The van der Waals surface area contributed by atoms with Crippen molar-refractivity contribution in [2.75, 3.05) is 0 Å². The third kappa shape index (κ3) is 2.11. The van der Waals surface area contributed by atoms with Crippen LogP contribution in [0.4, 0.5) is 13.2 Å². The molecule has 0 saturated carbocycles. The molecule has 2 aromatic carbocycles. The van der Waals surface area contributed by atoms with E-state index in [4.69, 9.17) is 0 Å². The second-order valence-corrected chi connectivity index (χ2v) is 4.17. The van der Waals surface area contributed by atoms with E-state index in [9.17, 15) is 13.2 Å². The summed E-state index contributed by atoms with van der Waals surface area (Å²) in [6, 6.07) is 7.71. The Morgan fingerprint density at radius 2 is 1.50 bits per heavy atom. The van der Waals surface area contributed by atoms with Gasteiger partial charge in [-0.2, -0.15) is 0 Å². The predicted molar refractivity (Wildman–Crippen MR) is 59.5 cm³/mol. The van der Waals surface area contributed by atoms with Gasteiger partial charge in [0.05, 0.1) is 0 Å². The van der Waals surface area contributed by atoms with Crippen LogP contribution in [0.1, 0.15) is 0 Å². The molecular formula is C12H6BrF3. The fourth-order valence-electron chi connectivity index (χ4n) is 1.39. The summed E-state index contributed by atoms with van der Waals surface area (Å²) in [5.41, 5.74) is 0.547. The summed E-state index contributed by atoms with van der Waals surface area (Å²) in [4.78, 5) is 0. The molecule has 0 radical (unpaired) electrons. The molecule has 0 N–H and O–H groups in total. The van der Waals surface area contributed by atoms with Gasteiger partial charge in [-0.15, -0.1) is 0 Å². The van der Waals surface area contributed by atoms with Crippen molar-refractivity contribution in [3.05, 3.63) is 58.3 Å². The molecule has 0 aliphatic rings. The van der Waals surface area contributed by atoms with Gasteiger partial charge in [0.1, 0.15) is 5.82 Å². The largest absolute Gasteiger partial charge is 0.206 e. The first-order valence-electron chi connectivity index (χ1n) is 4.48. The molecule has 0 unspecified atom stereocenters. The Morgan fingerprint density at radius 1 is 0.750 bits per heavy atom. The maximum absolute atomic E-state index is 13.5. The minimum absolute atomic E-state index is 0.238. The molecule has 0 nitrogen and oxygen atoms in total. The molecule has 0 amide bonds. The number of rotatable bonds is 1. The summed E-state index contributed by atoms with van der Waals surface area (Å²) >= 11 is 3.12. The third-order valence-corrected chi connectivity index (χ3v) is 2.65. The molecule has 0 heterocycles. The van der Waals surface area contributed by atoms with Crippen LogP contribution in [-0.2, 0) is 0 Å². The lowest BCUT2D eigenvalue weighted by molar-refractivity contribution is 0.509. The highest BCUT2D eigenvalue weighted by Gasteiger charge is 2.08. The van der Waals surface area contributed by atoms with Crippen LogP contribution in [0.2, 0.25) is 0 Å². The zero-order valence-electron chi connectivity index (χ0n) is 7.98. The molecule has 0 aliphatic heterocycles. The first kappa shape index (κ1) is 11.2. The Kier molecular flexibility index (Phi) is 3.01. The quantitative estimate of drug-likeness (QED) is 0.722. The molecule has 0 atom stereocenters. The number of benzene rings is 2. The topological polar surface area (TPSA) is 0 Å². The first-order chi connectivity index (χ1) is 7.58. The lowest BCUT2D eigenvalue weighted by Crippen LogP contribution is -1.88. The van der Waals surface area contributed by atoms with Crippen molar-refractivity contribution in [1.82, 2.24) is 0 Å². The zero-order valence-corrected chi connectivity index (χ0v) is 9.56. The van der Waals surface area contributed by atoms with Crippen LogP contribution in [0.15, 0.2) is 40.9 Å². The standard InChI is InChI=1S/C12H6BrF3/c13-8-2-3-9(11(15)6-8)7-1-4-10(14)12(16)5-7/h1-6H. The average molecular weight is 287 g/mol. The van der Waals surface area contributed by atoms with Gasteiger partial charge in [0.2, 0.25) is 0 Å². The van der Waals surface area contributed by atoms with E-state index in [1.54, 1.807) is 6.07 Å². The second-order valence-electron chi connectivity index (χ2n) is 3.25. The Morgan fingerprint density at radius 3 is 2.12 bits per heavy atom. The number of hydrogen-bond acceptors (Lipinski definition) is 0. The molecule has 2 rings (SSSR count). The molecule has 16 heavy (non-hydrogen) atoms. The van der Waals surface area contributed by atoms with E-state index < -0.39 is 17.5 Å². The first-order valence-corrected chi connectivity index (χ1v) is 5.27. The number of halogens is 4. The van der Waals surface area contributed by atoms with Crippen molar-refractivity contribution in [1.29, 1.82) is 0 Å². The highest BCUT2D eigenvalue weighted by molar-refractivity contribution is 9.10. The molecular weight excluding hydrogens is 281 g/mol. The summed E-state index contributed by atoms with van der Waals surface area (Å²) in [7, 11) is 0. The van der Waals surface area contributed by atoms with E-state index in [-0.39, 0.29) is 5.56 Å². The minimum atomic E-state index is -0.986. The summed E-state index contributed by atoms with van der Waals surface area (Å²) in [5.74, 6) is -2.42. The van der Waals surface area contributed by atoms with Crippen molar-refractivity contribution in [3.63, 3.8) is 0 Å². The maximum Gasteiger partial charge on any atom is 0.159 e. The SMILES string of the molecule is Fc1ccc(-c2ccc(Br)cc2F)cc1F. The van der Waals surface area contributed by atoms with Crippen molar-refractivity contribution in [2.24, 2.45) is 0 Å². The summed E-state index contributed by atoms with van der Waals surface area (Å²) in [5, 5.41) is 0. The third-order valence-electron chi connectivity index (χ3n) is 2.16. The highest BCUT2D eigenvalue weighted by atomic mass is 79.9. The maximum atomic E-state index is 13.5. The Bertz CT molecular complexity index is 538. The van der Waals surface area contributed by atoms with E-state index in [0.29, 0.717) is 10.0 Å². The van der Waals surface area contributed by atoms with Crippen LogP contribution in [0.3, 0.4) is 0 Å². The van der Waals surface area contributed by atoms with Crippen molar-refractivity contribution in [2.45, 2.75) is 0 Å². The average Bonchev–Trinajstić information content (AvgIpc) is 2.22. The highest BCUT2D eigenvalue weighted by Crippen LogP contribution is 2.26. The second kappa shape index (κ2) is 4.29. The van der Waals surface area contributed by atoms with Crippen molar-refractivity contribution in [3.8, 4) is 11.1 Å². The van der Waals surface area contributed by atoms with E-state index in [2.05, 4.69) is 15.9 Å². The molecule has 0 fully saturated rings. The van der Waals surface area contributed by atoms with E-state index in [0.717, 1.165) is 12.1 Å². The fraction of sp³-hybridized carbons (Fsp3) is 0. The lowest BCUT2D eigenvalue weighted by atomic mass is 10.1. The Hall–Kier alpha value is -1.29.